The molecule has 2 atom stereocenters. The SMILES string of the molecule is CC(Sc1nnc(NCC2CCCO2)s1)C(=O)NC(=O)NC(C)(C)C. The van der Waals surface area contributed by atoms with Gasteiger partial charge in [0, 0.05) is 18.7 Å². The predicted molar refractivity (Wildman–Crippen MR) is 99.1 cm³/mol. The van der Waals surface area contributed by atoms with Crippen LogP contribution in [-0.4, -0.2) is 52.2 Å². The van der Waals surface area contributed by atoms with Crippen molar-refractivity contribution in [3.05, 3.63) is 0 Å². The monoisotopic (exact) mass is 387 g/mol. The summed E-state index contributed by atoms with van der Waals surface area (Å²) >= 11 is 2.66. The molecule has 0 aromatic carbocycles. The van der Waals surface area contributed by atoms with Gasteiger partial charge in [-0.2, -0.15) is 0 Å². The van der Waals surface area contributed by atoms with Crippen LogP contribution in [0.2, 0.25) is 0 Å². The summed E-state index contributed by atoms with van der Waals surface area (Å²) in [5.41, 5.74) is -0.399. The lowest BCUT2D eigenvalue weighted by Crippen LogP contribution is -2.49. The molecule has 1 aliphatic rings. The maximum absolute atomic E-state index is 12.1. The summed E-state index contributed by atoms with van der Waals surface area (Å²) in [6.45, 7) is 8.80. The number of aromatic nitrogens is 2. The van der Waals surface area contributed by atoms with Crippen LogP contribution in [-0.2, 0) is 9.53 Å². The first-order valence-corrected chi connectivity index (χ1v) is 9.91. The van der Waals surface area contributed by atoms with Gasteiger partial charge in [-0.05, 0) is 40.5 Å². The van der Waals surface area contributed by atoms with Crippen LogP contribution in [0.15, 0.2) is 4.34 Å². The molecule has 0 saturated carbocycles. The summed E-state index contributed by atoms with van der Waals surface area (Å²) in [6, 6.07) is -0.499. The van der Waals surface area contributed by atoms with Crippen LogP contribution < -0.4 is 16.0 Å². The van der Waals surface area contributed by atoms with Gasteiger partial charge in [0.1, 0.15) is 0 Å². The first-order valence-electron chi connectivity index (χ1n) is 8.21. The highest BCUT2D eigenvalue weighted by Crippen LogP contribution is 2.29. The number of anilines is 1. The van der Waals surface area contributed by atoms with Crippen molar-refractivity contribution in [2.24, 2.45) is 0 Å². The second kappa shape index (κ2) is 8.81. The van der Waals surface area contributed by atoms with Gasteiger partial charge in [0.2, 0.25) is 11.0 Å². The van der Waals surface area contributed by atoms with E-state index >= 15 is 0 Å². The Kier molecular flexibility index (Phi) is 7.03. The summed E-state index contributed by atoms with van der Waals surface area (Å²) in [7, 11) is 0. The van der Waals surface area contributed by atoms with E-state index in [0.717, 1.165) is 19.4 Å². The molecule has 140 valence electrons. The minimum atomic E-state index is -0.499. The van der Waals surface area contributed by atoms with Gasteiger partial charge in [0.15, 0.2) is 4.34 Å². The summed E-state index contributed by atoms with van der Waals surface area (Å²) in [5, 5.41) is 16.6. The molecule has 1 aromatic rings. The second-order valence-electron chi connectivity index (χ2n) is 6.84. The predicted octanol–water partition coefficient (Wildman–Crippen LogP) is 2.23. The van der Waals surface area contributed by atoms with Crippen LogP contribution in [0.5, 0.6) is 0 Å². The number of hydrogen-bond donors (Lipinski definition) is 3. The van der Waals surface area contributed by atoms with Crippen molar-refractivity contribution in [2.75, 3.05) is 18.5 Å². The van der Waals surface area contributed by atoms with Crippen molar-refractivity contribution < 1.29 is 14.3 Å². The Hall–Kier alpha value is -1.39. The number of rotatable bonds is 6. The lowest BCUT2D eigenvalue weighted by Gasteiger charge is -2.20. The average molecular weight is 388 g/mol. The number of carbonyl (C=O) groups excluding carboxylic acids is 2. The van der Waals surface area contributed by atoms with E-state index in [1.165, 1.54) is 23.1 Å². The summed E-state index contributed by atoms with van der Waals surface area (Å²) in [6.07, 6.45) is 2.38. The highest BCUT2D eigenvalue weighted by Gasteiger charge is 2.22. The van der Waals surface area contributed by atoms with E-state index in [-0.39, 0.29) is 12.0 Å². The Labute approximate surface area is 155 Å². The summed E-state index contributed by atoms with van der Waals surface area (Å²) < 4.78 is 6.22. The van der Waals surface area contributed by atoms with Gasteiger partial charge in [-0.3, -0.25) is 10.1 Å². The van der Waals surface area contributed by atoms with Gasteiger partial charge < -0.3 is 15.4 Å². The molecule has 1 fully saturated rings. The molecule has 0 spiro atoms. The molecular formula is C15H25N5O3S2. The molecule has 0 radical (unpaired) electrons. The van der Waals surface area contributed by atoms with Crippen molar-refractivity contribution in [2.45, 2.75) is 61.8 Å². The van der Waals surface area contributed by atoms with Gasteiger partial charge >= 0.3 is 6.03 Å². The zero-order valence-corrected chi connectivity index (χ0v) is 16.6. The highest BCUT2D eigenvalue weighted by atomic mass is 32.2. The fourth-order valence-corrected chi connectivity index (χ4v) is 4.03. The molecule has 2 heterocycles. The Bertz CT molecular complexity index is 596. The maximum Gasteiger partial charge on any atom is 0.321 e. The van der Waals surface area contributed by atoms with E-state index in [1.807, 2.05) is 20.8 Å². The van der Waals surface area contributed by atoms with Gasteiger partial charge in [-0.1, -0.05) is 23.1 Å². The molecule has 8 nitrogen and oxygen atoms in total. The van der Waals surface area contributed by atoms with Crippen molar-refractivity contribution in [3.8, 4) is 0 Å². The van der Waals surface area contributed by atoms with Crippen LogP contribution >= 0.6 is 23.1 Å². The highest BCUT2D eigenvalue weighted by molar-refractivity contribution is 8.02. The number of hydrogen-bond acceptors (Lipinski definition) is 8. The van der Waals surface area contributed by atoms with Crippen LogP contribution in [0.3, 0.4) is 0 Å². The Balaban J connectivity index is 1.76. The molecular weight excluding hydrogens is 362 g/mol. The molecule has 2 unspecified atom stereocenters. The summed E-state index contributed by atoms with van der Waals surface area (Å²) in [4.78, 5) is 23.8. The minimum Gasteiger partial charge on any atom is -0.376 e. The van der Waals surface area contributed by atoms with Crippen LogP contribution in [0, 0.1) is 0 Å². The van der Waals surface area contributed by atoms with Gasteiger partial charge in [-0.15, -0.1) is 10.2 Å². The largest absolute Gasteiger partial charge is 0.376 e. The Morgan fingerprint density at radius 1 is 1.40 bits per heavy atom. The van der Waals surface area contributed by atoms with E-state index in [0.29, 0.717) is 16.0 Å². The number of urea groups is 1. The molecule has 1 aliphatic heterocycles. The smallest absolute Gasteiger partial charge is 0.321 e. The number of imide groups is 1. The number of thioether (sulfide) groups is 1. The van der Waals surface area contributed by atoms with Crippen molar-refractivity contribution in [1.82, 2.24) is 20.8 Å². The second-order valence-corrected chi connectivity index (χ2v) is 9.41. The quantitative estimate of drug-likeness (QED) is 0.643. The third-order valence-electron chi connectivity index (χ3n) is 3.28. The third-order valence-corrected chi connectivity index (χ3v) is 5.35. The minimum absolute atomic E-state index is 0.228. The van der Waals surface area contributed by atoms with Crippen molar-refractivity contribution in [3.63, 3.8) is 0 Å². The van der Waals surface area contributed by atoms with E-state index in [2.05, 4.69) is 26.1 Å². The fraction of sp³-hybridized carbons (Fsp3) is 0.733. The van der Waals surface area contributed by atoms with Crippen molar-refractivity contribution in [1.29, 1.82) is 0 Å². The third kappa shape index (κ3) is 7.17. The van der Waals surface area contributed by atoms with E-state index in [9.17, 15) is 9.59 Å². The number of carbonyl (C=O) groups is 2. The van der Waals surface area contributed by atoms with E-state index in [1.54, 1.807) is 6.92 Å². The van der Waals surface area contributed by atoms with E-state index in [4.69, 9.17) is 4.74 Å². The first-order chi connectivity index (χ1) is 11.7. The number of nitrogens with one attached hydrogen (secondary N) is 3. The molecule has 0 aliphatic carbocycles. The topological polar surface area (TPSA) is 105 Å². The van der Waals surface area contributed by atoms with Crippen LogP contribution in [0.25, 0.3) is 0 Å². The molecule has 1 aromatic heterocycles. The fourth-order valence-electron chi connectivity index (χ4n) is 2.13. The van der Waals surface area contributed by atoms with E-state index < -0.39 is 16.8 Å². The summed E-state index contributed by atoms with van der Waals surface area (Å²) in [5.74, 6) is -0.365. The normalized spacial score (nSPS) is 18.6. The van der Waals surface area contributed by atoms with Gasteiger partial charge in [-0.25, -0.2) is 4.79 Å². The van der Waals surface area contributed by atoms with Crippen molar-refractivity contribution >= 4 is 40.2 Å². The standard InChI is InChI=1S/C15H25N5O3S2/c1-9(11(21)17-12(22)18-15(2,3)4)24-14-20-19-13(25-14)16-8-10-6-5-7-23-10/h9-10H,5-8H2,1-4H3,(H,16,19)(H2,17,18,21,22). The maximum atomic E-state index is 12.1. The zero-order chi connectivity index (χ0) is 18.4. The molecule has 3 N–H and O–H groups in total. The Morgan fingerprint density at radius 3 is 2.80 bits per heavy atom. The van der Waals surface area contributed by atoms with Crippen LogP contribution in [0.1, 0.15) is 40.5 Å². The van der Waals surface area contributed by atoms with Crippen LogP contribution in [0.4, 0.5) is 9.93 Å². The molecule has 10 heteroatoms. The molecule has 0 bridgehead atoms. The molecule has 3 amide bonds. The van der Waals surface area contributed by atoms with Gasteiger partial charge in [0.05, 0.1) is 11.4 Å². The number of amides is 3. The molecule has 2 rings (SSSR count). The van der Waals surface area contributed by atoms with Gasteiger partial charge in [0.25, 0.3) is 0 Å². The molecule has 25 heavy (non-hydrogen) atoms. The number of nitrogens with zero attached hydrogens (tertiary/aromatic N) is 2. The number of ether oxygens (including phenoxy) is 1. The molecule has 1 saturated heterocycles. The lowest BCUT2D eigenvalue weighted by molar-refractivity contribution is -0.119. The first kappa shape index (κ1) is 19.9. The zero-order valence-electron chi connectivity index (χ0n) is 14.9. The Morgan fingerprint density at radius 2 is 2.16 bits per heavy atom. The average Bonchev–Trinajstić information content (AvgIpc) is 3.14. The lowest BCUT2D eigenvalue weighted by atomic mass is 10.1.